The molecule has 1 heteroatoms. The van der Waals surface area contributed by atoms with Crippen molar-refractivity contribution in [3.8, 4) is 0 Å². The summed E-state index contributed by atoms with van der Waals surface area (Å²) in [5.41, 5.74) is 6.06. The second-order valence-corrected chi connectivity index (χ2v) is 3.37. The molecule has 1 aliphatic carbocycles. The summed E-state index contributed by atoms with van der Waals surface area (Å²) in [6, 6.07) is 0.224. The molecule has 0 radical (unpaired) electrons. The predicted molar refractivity (Wildman–Crippen MR) is 40.1 cm³/mol. The summed E-state index contributed by atoms with van der Waals surface area (Å²) in [5, 5.41) is 0. The highest BCUT2D eigenvalue weighted by Gasteiger charge is 2.33. The summed E-state index contributed by atoms with van der Waals surface area (Å²) in [5.74, 6) is 0. The smallest absolute Gasteiger partial charge is 0.0195 e. The normalized spacial score (nSPS) is 26.6. The van der Waals surface area contributed by atoms with Gasteiger partial charge in [-0.15, -0.1) is 0 Å². The molecule has 52 valence electrons. The van der Waals surface area contributed by atoms with Crippen LogP contribution in [0.1, 0.15) is 26.7 Å². The first kappa shape index (κ1) is 6.81. The van der Waals surface area contributed by atoms with Gasteiger partial charge in [0.15, 0.2) is 0 Å². The Morgan fingerprint density at radius 2 is 2.11 bits per heavy atom. The molecule has 1 rings (SSSR count). The lowest BCUT2D eigenvalue weighted by Gasteiger charge is -1.99. The van der Waals surface area contributed by atoms with Gasteiger partial charge in [0, 0.05) is 6.04 Å². The maximum Gasteiger partial charge on any atom is 0.0195 e. The van der Waals surface area contributed by atoms with Gasteiger partial charge >= 0.3 is 0 Å². The Balaban J connectivity index is 2.31. The number of hydrogen-bond acceptors (Lipinski definition) is 1. The first-order valence-electron chi connectivity index (χ1n) is 3.57. The summed E-state index contributed by atoms with van der Waals surface area (Å²) in [6.07, 6.45) is 7.02. The van der Waals surface area contributed by atoms with Crippen molar-refractivity contribution in [1.82, 2.24) is 0 Å². The first-order chi connectivity index (χ1) is 4.12. The minimum atomic E-state index is 0.224. The van der Waals surface area contributed by atoms with E-state index in [1.165, 1.54) is 12.8 Å². The zero-order valence-corrected chi connectivity index (χ0v) is 6.22. The first-order valence-corrected chi connectivity index (χ1v) is 3.57. The van der Waals surface area contributed by atoms with Crippen LogP contribution in [0.3, 0.4) is 0 Å². The van der Waals surface area contributed by atoms with Gasteiger partial charge < -0.3 is 5.73 Å². The van der Waals surface area contributed by atoms with Crippen molar-refractivity contribution in [2.45, 2.75) is 32.7 Å². The molecular weight excluding hydrogens is 110 g/mol. The van der Waals surface area contributed by atoms with Gasteiger partial charge in [0.25, 0.3) is 0 Å². The summed E-state index contributed by atoms with van der Waals surface area (Å²) < 4.78 is 0. The van der Waals surface area contributed by atoms with Crippen molar-refractivity contribution in [3.63, 3.8) is 0 Å². The average molecular weight is 125 g/mol. The van der Waals surface area contributed by atoms with Crippen LogP contribution in [0.4, 0.5) is 0 Å². The van der Waals surface area contributed by atoms with Gasteiger partial charge in [0.1, 0.15) is 0 Å². The third kappa shape index (κ3) is 2.19. The quantitative estimate of drug-likeness (QED) is 0.558. The molecule has 0 spiro atoms. The van der Waals surface area contributed by atoms with Gasteiger partial charge in [-0.2, -0.15) is 0 Å². The predicted octanol–water partition coefficient (Wildman–Crippen LogP) is 1.69. The molecule has 1 unspecified atom stereocenters. The molecule has 9 heavy (non-hydrogen) atoms. The fourth-order valence-corrected chi connectivity index (χ4v) is 0.748. The summed E-state index contributed by atoms with van der Waals surface area (Å²) >= 11 is 0. The Morgan fingerprint density at radius 3 is 2.44 bits per heavy atom. The molecular formula is C8H15N. The third-order valence-electron chi connectivity index (χ3n) is 1.84. The molecule has 1 saturated carbocycles. The molecule has 1 aliphatic rings. The molecule has 0 heterocycles. The van der Waals surface area contributed by atoms with Gasteiger partial charge in [-0.1, -0.05) is 19.1 Å². The second-order valence-electron chi connectivity index (χ2n) is 3.37. The van der Waals surface area contributed by atoms with E-state index in [-0.39, 0.29) is 6.04 Å². The Labute approximate surface area is 56.9 Å². The van der Waals surface area contributed by atoms with Crippen molar-refractivity contribution < 1.29 is 0 Å². The highest BCUT2D eigenvalue weighted by molar-refractivity contribution is 5.08. The van der Waals surface area contributed by atoms with E-state index in [1.807, 2.05) is 6.92 Å². The molecule has 0 aromatic carbocycles. The second kappa shape index (κ2) is 2.14. The van der Waals surface area contributed by atoms with Crippen LogP contribution in [0.25, 0.3) is 0 Å². The van der Waals surface area contributed by atoms with Crippen LogP contribution in [-0.4, -0.2) is 6.04 Å². The molecule has 0 aromatic heterocycles. The monoisotopic (exact) mass is 125 g/mol. The lowest BCUT2D eigenvalue weighted by Crippen LogP contribution is -2.10. The highest BCUT2D eigenvalue weighted by atomic mass is 14.6. The lowest BCUT2D eigenvalue weighted by atomic mass is 10.1. The van der Waals surface area contributed by atoms with E-state index in [4.69, 9.17) is 5.73 Å². The van der Waals surface area contributed by atoms with Gasteiger partial charge in [0.2, 0.25) is 0 Å². The standard InChI is InChI=1S/C8H15N/c1-7(9)3-4-8(2)5-6-8/h3-4,7H,5-6,9H2,1-2H3/b4-3+. The van der Waals surface area contributed by atoms with E-state index in [9.17, 15) is 0 Å². The molecule has 0 aromatic rings. The van der Waals surface area contributed by atoms with Crippen LogP contribution < -0.4 is 5.73 Å². The van der Waals surface area contributed by atoms with E-state index in [0.717, 1.165) is 0 Å². The molecule has 2 N–H and O–H groups in total. The zero-order valence-electron chi connectivity index (χ0n) is 6.22. The molecule has 1 fully saturated rings. The minimum absolute atomic E-state index is 0.224. The van der Waals surface area contributed by atoms with Gasteiger partial charge in [-0.05, 0) is 25.2 Å². The Kier molecular flexibility index (Phi) is 1.62. The number of rotatable bonds is 2. The molecule has 1 atom stereocenters. The van der Waals surface area contributed by atoms with Crippen molar-refractivity contribution in [2.75, 3.05) is 0 Å². The largest absolute Gasteiger partial charge is 0.325 e. The average Bonchev–Trinajstić information content (AvgIpc) is 2.45. The van der Waals surface area contributed by atoms with E-state index in [2.05, 4.69) is 19.1 Å². The maximum absolute atomic E-state index is 5.54. The molecule has 0 saturated heterocycles. The molecule has 0 aliphatic heterocycles. The molecule has 1 nitrogen and oxygen atoms in total. The lowest BCUT2D eigenvalue weighted by molar-refractivity contribution is 0.736. The van der Waals surface area contributed by atoms with Crippen LogP contribution in [0.5, 0.6) is 0 Å². The van der Waals surface area contributed by atoms with Crippen molar-refractivity contribution in [2.24, 2.45) is 11.1 Å². The van der Waals surface area contributed by atoms with Crippen LogP contribution in [0, 0.1) is 5.41 Å². The minimum Gasteiger partial charge on any atom is -0.325 e. The summed E-state index contributed by atoms with van der Waals surface area (Å²) in [6.45, 7) is 4.27. The molecule has 0 amide bonds. The Hall–Kier alpha value is -0.300. The molecule has 0 bridgehead atoms. The van der Waals surface area contributed by atoms with Gasteiger partial charge in [-0.25, -0.2) is 0 Å². The maximum atomic E-state index is 5.54. The van der Waals surface area contributed by atoms with Gasteiger partial charge in [0.05, 0.1) is 0 Å². The van der Waals surface area contributed by atoms with Crippen LogP contribution in [0.15, 0.2) is 12.2 Å². The number of allylic oxidation sites excluding steroid dienone is 1. The summed E-state index contributed by atoms with van der Waals surface area (Å²) in [4.78, 5) is 0. The van der Waals surface area contributed by atoms with E-state index < -0.39 is 0 Å². The Morgan fingerprint density at radius 1 is 1.56 bits per heavy atom. The highest BCUT2D eigenvalue weighted by Crippen LogP contribution is 2.46. The van der Waals surface area contributed by atoms with Crippen LogP contribution in [0.2, 0.25) is 0 Å². The van der Waals surface area contributed by atoms with E-state index in [1.54, 1.807) is 0 Å². The third-order valence-corrected chi connectivity index (χ3v) is 1.84. The zero-order chi connectivity index (χ0) is 6.91. The summed E-state index contributed by atoms with van der Waals surface area (Å²) in [7, 11) is 0. The van der Waals surface area contributed by atoms with Crippen molar-refractivity contribution >= 4 is 0 Å². The fraction of sp³-hybridized carbons (Fsp3) is 0.750. The SMILES string of the molecule is CC(N)/C=C/C1(C)CC1. The van der Waals surface area contributed by atoms with Crippen molar-refractivity contribution in [1.29, 1.82) is 0 Å². The number of nitrogens with two attached hydrogens (primary N) is 1. The Bertz CT molecular complexity index is 121. The van der Waals surface area contributed by atoms with E-state index >= 15 is 0 Å². The van der Waals surface area contributed by atoms with Crippen LogP contribution in [-0.2, 0) is 0 Å². The van der Waals surface area contributed by atoms with Crippen LogP contribution >= 0.6 is 0 Å². The topological polar surface area (TPSA) is 26.0 Å². The van der Waals surface area contributed by atoms with E-state index in [0.29, 0.717) is 5.41 Å². The van der Waals surface area contributed by atoms with Crippen molar-refractivity contribution in [3.05, 3.63) is 12.2 Å². The number of hydrogen-bond donors (Lipinski definition) is 1. The fourth-order valence-electron chi connectivity index (χ4n) is 0.748. The van der Waals surface area contributed by atoms with Gasteiger partial charge in [-0.3, -0.25) is 0 Å².